The SMILES string of the molecule is CCOc1ccc(-c2nc3cccc4c3n2CCNC4=O)cc1. The van der Waals surface area contributed by atoms with Crippen molar-refractivity contribution >= 4 is 16.9 Å². The highest BCUT2D eigenvalue weighted by Gasteiger charge is 2.21. The molecule has 0 spiro atoms. The first-order valence-electron chi connectivity index (χ1n) is 7.78. The molecule has 0 saturated carbocycles. The van der Waals surface area contributed by atoms with Gasteiger partial charge in [0, 0.05) is 18.7 Å². The smallest absolute Gasteiger partial charge is 0.253 e. The van der Waals surface area contributed by atoms with Crippen molar-refractivity contribution in [3.8, 4) is 17.1 Å². The van der Waals surface area contributed by atoms with E-state index < -0.39 is 0 Å². The van der Waals surface area contributed by atoms with Crippen molar-refractivity contribution in [3.63, 3.8) is 0 Å². The average molecular weight is 307 g/mol. The Labute approximate surface area is 133 Å². The maximum absolute atomic E-state index is 12.2. The van der Waals surface area contributed by atoms with Crippen LogP contribution in [0.2, 0.25) is 0 Å². The quantitative estimate of drug-likeness (QED) is 0.809. The Hall–Kier alpha value is -2.82. The minimum atomic E-state index is -0.0347. The standard InChI is InChI=1S/C18H17N3O2/c1-2-23-13-8-6-12(7-9-13)17-20-15-5-3-4-14-16(15)21(17)11-10-19-18(14)22/h3-9H,2,10-11H2,1H3,(H,19,22). The Bertz CT molecular complexity index is 881. The number of benzene rings is 2. The van der Waals surface area contributed by atoms with Crippen LogP contribution in [0.15, 0.2) is 42.5 Å². The number of imidazole rings is 1. The fourth-order valence-corrected chi connectivity index (χ4v) is 3.05. The fourth-order valence-electron chi connectivity index (χ4n) is 3.05. The first-order chi connectivity index (χ1) is 11.3. The van der Waals surface area contributed by atoms with E-state index in [-0.39, 0.29) is 5.91 Å². The molecular formula is C18H17N3O2. The lowest BCUT2D eigenvalue weighted by atomic mass is 10.1. The zero-order valence-electron chi connectivity index (χ0n) is 12.9. The van der Waals surface area contributed by atoms with Crippen LogP contribution in [0.25, 0.3) is 22.4 Å². The van der Waals surface area contributed by atoms with Crippen LogP contribution < -0.4 is 10.1 Å². The highest BCUT2D eigenvalue weighted by atomic mass is 16.5. The molecule has 4 rings (SSSR count). The summed E-state index contributed by atoms with van der Waals surface area (Å²) in [6.45, 7) is 3.92. The number of rotatable bonds is 3. The normalized spacial score (nSPS) is 13.7. The number of hydrogen-bond donors (Lipinski definition) is 1. The lowest BCUT2D eigenvalue weighted by molar-refractivity contribution is 0.0956. The first kappa shape index (κ1) is 13.8. The maximum Gasteiger partial charge on any atom is 0.253 e. The average Bonchev–Trinajstić information content (AvgIpc) is 2.85. The van der Waals surface area contributed by atoms with Gasteiger partial charge in [0.05, 0.1) is 23.2 Å². The lowest BCUT2D eigenvalue weighted by Crippen LogP contribution is -2.24. The van der Waals surface area contributed by atoms with Crippen molar-refractivity contribution in [2.24, 2.45) is 0 Å². The van der Waals surface area contributed by atoms with Crippen LogP contribution in [0.4, 0.5) is 0 Å². The van der Waals surface area contributed by atoms with Gasteiger partial charge >= 0.3 is 0 Å². The van der Waals surface area contributed by atoms with Gasteiger partial charge in [-0.2, -0.15) is 0 Å². The Kier molecular flexibility index (Phi) is 3.26. The minimum absolute atomic E-state index is 0.0347. The first-order valence-corrected chi connectivity index (χ1v) is 7.78. The summed E-state index contributed by atoms with van der Waals surface area (Å²) in [7, 11) is 0. The second-order valence-electron chi connectivity index (χ2n) is 5.47. The molecule has 0 unspecified atom stereocenters. The van der Waals surface area contributed by atoms with Crippen molar-refractivity contribution in [2.75, 3.05) is 13.2 Å². The molecule has 5 nitrogen and oxygen atoms in total. The molecule has 5 heteroatoms. The number of hydrogen-bond acceptors (Lipinski definition) is 3. The Morgan fingerprint density at radius 2 is 2.04 bits per heavy atom. The number of nitrogens with one attached hydrogen (secondary N) is 1. The number of ether oxygens (including phenoxy) is 1. The summed E-state index contributed by atoms with van der Waals surface area (Å²) >= 11 is 0. The molecule has 0 fully saturated rings. The van der Waals surface area contributed by atoms with Gasteiger partial charge in [0.2, 0.25) is 0 Å². The lowest BCUT2D eigenvalue weighted by Gasteiger charge is -2.08. The third-order valence-corrected chi connectivity index (χ3v) is 4.06. The van der Waals surface area contributed by atoms with Crippen molar-refractivity contribution in [2.45, 2.75) is 13.5 Å². The molecule has 23 heavy (non-hydrogen) atoms. The number of para-hydroxylation sites is 1. The van der Waals surface area contributed by atoms with Gasteiger partial charge in [-0.3, -0.25) is 4.79 Å². The van der Waals surface area contributed by atoms with Crippen LogP contribution in [-0.4, -0.2) is 28.6 Å². The van der Waals surface area contributed by atoms with Crippen LogP contribution >= 0.6 is 0 Å². The van der Waals surface area contributed by atoms with Gasteiger partial charge in [0.1, 0.15) is 11.6 Å². The molecule has 0 saturated heterocycles. The van der Waals surface area contributed by atoms with Gasteiger partial charge in [-0.1, -0.05) is 6.07 Å². The molecule has 1 amide bonds. The summed E-state index contributed by atoms with van der Waals surface area (Å²) in [4.78, 5) is 16.9. The van der Waals surface area contributed by atoms with Crippen molar-refractivity contribution in [1.29, 1.82) is 0 Å². The zero-order valence-corrected chi connectivity index (χ0v) is 12.9. The van der Waals surface area contributed by atoms with Crippen molar-refractivity contribution in [3.05, 3.63) is 48.0 Å². The molecule has 0 radical (unpaired) electrons. The third-order valence-electron chi connectivity index (χ3n) is 4.06. The van der Waals surface area contributed by atoms with Crippen LogP contribution in [0, 0.1) is 0 Å². The van der Waals surface area contributed by atoms with E-state index in [4.69, 9.17) is 9.72 Å². The summed E-state index contributed by atoms with van der Waals surface area (Å²) in [5.41, 5.74) is 3.46. The second-order valence-corrected chi connectivity index (χ2v) is 5.47. The van der Waals surface area contributed by atoms with E-state index >= 15 is 0 Å². The number of carbonyl (C=O) groups is 1. The van der Waals surface area contributed by atoms with Gasteiger partial charge < -0.3 is 14.6 Å². The molecule has 1 N–H and O–H groups in total. The fraction of sp³-hybridized carbons (Fsp3) is 0.222. The van der Waals surface area contributed by atoms with Crippen LogP contribution in [0.1, 0.15) is 17.3 Å². The highest BCUT2D eigenvalue weighted by Crippen LogP contribution is 2.29. The summed E-state index contributed by atoms with van der Waals surface area (Å²) < 4.78 is 7.62. The molecule has 1 aliphatic rings. The molecule has 2 heterocycles. The van der Waals surface area contributed by atoms with E-state index in [0.29, 0.717) is 25.3 Å². The monoisotopic (exact) mass is 307 g/mol. The number of carbonyl (C=O) groups excluding carboxylic acids is 1. The van der Waals surface area contributed by atoms with Gasteiger partial charge in [-0.15, -0.1) is 0 Å². The molecule has 0 atom stereocenters. The Morgan fingerprint density at radius 1 is 1.22 bits per heavy atom. The van der Waals surface area contributed by atoms with Gasteiger partial charge in [-0.05, 0) is 43.3 Å². The van der Waals surface area contributed by atoms with Crippen LogP contribution in [0.3, 0.4) is 0 Å². The van der Waals surface area contributed by atoms with E-state index in [0.717, 1.165) is 28.2 Å². The maximum atomic E-state index is 12.2. The number of nitrogens with zero attached hydrogens (tertiary/aromatic N) is 2. The Balaban J connectivity index is 1.89. The van der Waals surface area contributed by atoms with E-state index in [1.165, 1.54) is 0 Å². The molecule has 1 aromatic heterocycles. The van der Waals surface area contributed by atoms with Gasteiger partial charge in [0.25, 0.3) is 5.91 Å². The van der Waals surface area contributed by atoms with E-state index in [2.05, 4.69) is 9.88 Å². The number of amides is 1. The second kappa shape index (κ2) is 5.43. The van der Waals surface area contributed by atoms with Crippen LogP contribution in [0.5, 0.6) is 5.75 Å². The van der Waals surface area contributed by atoms with E-state index in [1.807, 2.05) is 49.4 Å². The van der Waals surface area contributed by atoms with E-state index in [9.17, 15) is 4.79 Å². The minimum Gasteiger partial charge on any atom is -0.494 e. The molecule has 1 aliphatic heterocycles. The topological polar surface area (TPSA) is 56.1 Å². The summed E-state index contributed by atoms with van der Waals surface area (Å²) in [5, 5.41) is 2.93. The summed E-state index contributed by atoms with van der Waals surface area (Å²) in [6.07, 6.45) is 0. The molecule has 0 bridgehead atoms. The Morgan fingerprint density at radius 3 is 2.83 bits per heavy atom. The third kappa shape index (κ3) is 2.25. The van der Waals surface area contributed by atoms with E-state index in [1.54, 1.807) is 0 Å². The number of aromatic nitrogens is 2. The molecule has 116 valence electrons. The molecular weight excluding hydrogens is 290 g/mol. The molecule has 2 aromatic carbocycles. The zero-order chi connectivity index (χ0) is 15.8. The predicted octanol–water partition coefficient (Wildman–Crippen LogP) is 2.85. The highest BCUT2D eigenvalue weighted by molar-refractivity contribution is 6.06. The predicted molar refractivity (Wildman–Crippen MR) is 88.7 cm³/mol. The van der Waals surface area contributed by atoms with Gasteiger partial charge in [0.15, 0.2) is 0 Å². The van der Waals surface area contributed by atoms with Gasteiger partial charge in [-0.25, -0.2) is 4.98 Å². The van der Waals surface area contributed by atoms with Crippen molar-refractivity contribution in [1.82, 2.24) is 14.9 Å². The van der Waals surface area contributed by atoms with Crippen LogP contribution in [-0.2, 0) is 6.54 Å². The summed E-state index contributed by atoms with van der Waals surface area (Å²) in [6, 6.07) is 13.6. The van der Waals surface area contributed by atoms with Crippen molar-refractivity contribution < 1.29 is 9.53 Å². The largest absolute Gasteiger partial charge is 0.494 e. The molecule has 3 aromatic rings. The summed E-state index contributed by atoms with van der Waals surface area (Å²) in [5.74, 6) is 1.69. The molecule has 0 aliphatic carbocycles.